The minimum Gasteiger partial charge on any atom is -0.481 e. The van der Waals surface area contributed by atoms with E-state index in [0.717, 1.165) is 0 Å². The largest absolute Gasteiger partial charge is 0.481 e. The van der Waals surface area contributed by atoms with Crippen molar-refractivity contribution in [3.05, 3.63) is 0 Å². The van der Waals surface area contributed by atoms with E-state index in [4.69, 9.17) is 14.6 Å². The summed E-state index contributed by atoms with van der Waals surface area (Å²) in [4.78, 5) is 12.5. The van der Waals surface area contributed by atoms with E-state index in [0.29, 0.717) is 13.1 Å². The molecule has 1 unspecified atom stereocenters. The van der Waals surface area contributed by atoms with Gasteiger partial charge in [0.25, 0.3) is 0 Å². The highest BCUT2D eigenvalue weighted by molar-refractivity contribution is 5.67. The number of aliphatic carboxylic acids is 1. The topological polar surface area (TPSA) is 59.0 Å². The quantitative estimate of drug-likeness (QED) is 0.645. The van der Waals surface area contributed by atoms with Crippen molar-refractivity contribution in [2.24, 2.45) is 0 Å². The molecule has 0 aromatic heterocycles. The second kappa shape index (κ2) is 4.25. The number of carbonyl (C=O) groups is 1. The lowest BCUT2D eigenvalue weighted by molar-refractivity contribution is -0.281. The summed E-state index contributed by atoms with van der Waals surface area (Å²) in [5, 5.41) is 8.61. The molecule has 1 saturated heterocycles. The van der Waals surface area contributed by atoms with Crippen molar-refractivity contribution in [2.75, 3.05) is 27.3 Å². The summed E-state index contributed by atoms with van der Waals surface area (Å²) in [7, 11) is 3.20. The maximum absolute atomic E-state index is 10.5. The third kappa shape index (κ3) is 2.23. The van der Waals surface area contributed by atoms with Crippen LogP contribution >= 0.6 is 0 Å². The average molecular weight is 203 g/mol. The maximum Gasteiger partial charge on any atom is 0.304 e. The van der Waals surface area contributed by atoms with Crippen molar-refractivity contribution < 1.29 is 19.4 Å². The van der Waals surface area contributed by atoms with Crippen molar-refractivity contribution in [2.45, 2.75) is 25.2 Å². The van der Waals surface area contributed by atoms with E-state index in [1.807, 2.05) is 11.8 Å². The molecule has 1 atom stereocenters. The molecule has 0 aromatic carbocycles. The summed E-state index contributed by atoms with van der Waals surface area (Å²) < 4.78 is 10.4. The second-order valence-corrected chi connectivity index (χ2v) is 3.67. The standard InChI is InChI=1S/C9H17NO4/c1-7(4-8(11)12)10-5-9(6-10,13-2)14-3/h7H,4-6H2,1-3H3,(H,11,12). The molecule has 0 aromatic rings. The van der Waals surface area contributed by atoms with Crippen LogP contribution in [0.4, 0.5) is 0 Å². The van der Waals surface area contributed by atoms with E-state index in [2.05, 4.69) is 0 Å². The minimum absolute atomic E-state index is 0.0333. The van der Waals surface area contributed by atoms with Crippen molar-refractivity contribution in [1.29, 1.82) is 0 Å². The number of nitrogens with zero attached hydrogens (tertiary/aromatic N) is 1. The van der Waals surface area contributed by atoms with Gasteiger partial charge in [0.2, 0.25) is 0 Å². The number of methoxy groups -OCH3 is 2. The van der Waals surface area contributed by atoms with Crippen LogP contribution in [0.15, 0.2) is 0 Å². The highest BCUT2D eigenvalue weighted by atomic mass is 16.7. The second-order valence-electron chi connectivity index (χ2n) is 3.67. The molecule has 0 spiro atoms. The lowest BCUT2D eigenvalue weighted by atomic mass is 10.0. The first-order valence-corrected chi connectivity index (χ1v) is 4.59. The number of rotatable bonds is 5. The molecule has 1 N–H and O–H groups in total. The molecular weight excluding hydrogens is 186 g/mol. The molecule has 5 heteroatoms. The zero-order valence-electron chi connectivity index (χ0n) is 8.82. The van der Waals surface area contributed by atoms with Gasteiger partial charge in [-0.25, -0.2) is 0 Å². The predicted octanol–water partition coefficient (Wildman–Crippen LogP) is 0.154. The van der Waals surface area contributed by atoms with Gasteiger partial charge in [-0.3, -0.25) is 9.69 Å². The Labute approximate surface area is 83.6 Å². The Morgan fingerprint density at radius 3 is 2.36 bits per heavy atom. The van der Waals surface area contributed by atoms with Gasteiger partial charge < -0.3 is 14.6 Å². The molecule has 1 aliphatic heterocycles. The zero-order valence-corrected chi connectivity index (χ0v) is 8.82. The Morgan fingerprint density at radius 2 is 2.00 bits per heavy atom. The molecule has 0 saturated carbocycles. The number of hydrogen-bond acceptors (Lipinski definition) is 4. The van der Waals surface area contributed by atoms with Gasteiger partial charge in [-0.1, -0.05) is 0 Å². The molecule has 14 heavy (non-hydrogen) atoms. The Morgan fingerprint density at radius 1 is 1.50 bits per heavy atom. The molecule has 0 bridgehead atoms. The molecule has 0 amide bonds. The molecule has 1 rings (SSSR count). The number of ether oxygens (including phenoxy) is 2. The molecule has 1 fully saturated rings. The zero-order chi connectivity index (χ0) is 10.8. The average Bonchev–Trinajstić information content (AvgIpc) is 2.03. The van der Waals surface area contributed by atoms with Gasteiger partial charge in [0.05, 0.1) is 19.5 Å². The lowest BCUT2D eigenvalue weighted by Gasteiger charge is -2.49. The Bertz CT molecular complexity index is 207. The molecule has 82 valence electrons. The molecule has 5 nitrogen and oxygen atoms in total. The van der Waals surface area contributed by atoms with Crippen LogP contribution in [-0.2, 0) is 14.3 Å². The summed E-state index contributed by atoms with van der Waals surface area (Å²) in [5.74, 6) is -1.29. The fraction of sp³-hybridized carbons (Fsp3) is 0.889. The minimum atomic E-state index is -0.773. The van der Waals surface area contributed by atoms with E-state index >= 15 is 0 Å². The highest BCUT2D eigenvalue weighted by Gasteiger charge is 2.45. The third-order valence-corrected chi connectivity index (χ3v) is 2.73. The Kier molecular flexibility index (Phi) is 3.47. The molecule has 0 radical (unpaired) electrons. The van der Waals surface area contributed by atoms with Gasteiger partial charge in [0.1, 0.15) is 0 Å². The Balaban J connectivity index is 2.36. The predicted molar refractivity (Wildman–Crippen MR) is 50.0 cm³/mol. The summed E-state index contributed by atoms with van der Waals surface area (Å²) in [6.45, 7) is 3.16. The summed E-state index contributed by atoms with van der Waals surface area (Å²) >= 11 is 0. The first-order chi connectivity index (χ1) is 6.53. The molecule has 1 aliphatic rings. The number of carboxylic acids is 1. The SMILES string of the molecule is COC1(OC)CN(C(C)CC(=O)O)C1. The first-order valence-electron chi connectivity index (χ1n) is 4.59. The van der Waals surface area contributed by atoms with Crippen molar-refractivity contribution in [1.82, 2.24) is 4.90 Å². The van der Waals surface area contributed by atoms with Gasteiger partial charge in [-0.2, -0.15) is 0 Å². The van der Waals surface area contributed by atoms with Crippen LogP contribution in [0, 0.1) is 0 Å². The van der Waals surface area contributed by atoms with E-state index in [9.17, 15) is 4.79 Å². The van der Waals surface area contributed by atoms with E-state index in [-0.39, 0.29) is 12.5 Å². The van der Waals surface area contributed by atoms with E-state index in [1.165, 1.54) is 0 Å². The van der Waals surface area contributed by atoms with Crippen LogP contribution in [0.1, 0.15) is 13.3 Å². The summed E-state index contributed by atoms with van der Waals surface area (Å²) in [5.41, 5.74) is 0. The third-order valence-electron chi connectivity index (χ3n) is 2.73. The van der Waals surface area contributed by atoms with Gasteiger partial charge in [-0.05, 0) is 6.92 Å². The fourth-order valence-electron chi connectivity index (χ4n) is 1.61. The Hall–Kier alpha value is -0.650. The van der Waals surface area contributed by atoms with Gasteiger partial charge in [-0.15, -0.1) is 0 Å². The van der Waals surface area contributed by atoms with Gasteiger partial charge >= 0.3 is 5.97 Å². The van der Waals surface area contributed by atoms with Gasteiger partial charge in [0.15, 0.2) is 5.79 Å². The van der Waals surface area contributed by atoms with Crippen LogP contribution in [0.3, 0.4) is 0 Å². The van der Waals surface area contributed by atoms with Crippen LogP contribution in [0.25, 0.3) is 0 Å². The van der Waals surface area contributed by atoms with Gasteiger partial charge in [0, 0.05) is 20.3 Å². The lowest BCUT2D eigenvalue weighted by Crippen LogP contribution is -2.66. The highest BCUT2D eigenvalue weighted by Crippen LogP contribution is 2.27. The van der Waals surface area contributed by atoms with Crippen LogP contribution < -0.4 is 0 Å². The van der Waals surface area contributed by atoms with Crippen LogP contribution in [0.5, 0.6) is 0 Å². The van der Waals surface area contributed by atoms with Crippen LogP contribution in [0.2, 0.25) is 0 Å². The van der Waals surface area contributed by atoms with E-state index in [1.54, 1.807) is 14.2 Å². The van der Waals surface area contributed by atoms with Crippen LogP contribution in [-0.4, -0.2) is 55.1 Å². The van der Waals surface area contributed by atoms with Crippen molar-refractivity contribution in [3.63, 3.8) is 0 Å². The number of hydrogen-bond donors (Lipinski definition) is 1. The molecule has 1 heterocycles. The molecule has 0 aliphatic carbocycles. The number of carboxylic acid groups (broad SMARTS) is 1. The first kappa shape index (κ1) is 11.4. The monoisotopic (exact) mass is 203 g/mol. The maximum atomic E-state index is 10.5. The van der Waals surface area contributed by atoms with E-state index < -0.39 is 11.8 Å². The van der Waals surface area contributed by atoms with Crippen molar-refractivity contribution >= 4 is 5.97 Å². The normalized spacial score (nSPS) is 22.8. The molecular formula is C9H17NO4. The smallest absolute Gasteiger partial charge is 0.304 e. The fourth-order valence-corrected chi connectivity index (χ4v) is 1.61. The van der Waals surface area contributed by atoms with Crippen molar-refractivity contribution in [3.8, 4) is 0 Å². The summed E-state index contributed by atoms with van der Waals surface area (Å²) in [6.07, 6.45) is 0.156. The summed E-state index contributed by atoms with van der Waals surface area (Å²) in [6, 6.07) is 0.0333. The number of likely N-dealkylation sites (tertiary alicyclic amines) is 1.